The fourth-order valence-electron chi connectivity index (χ4n) is 2.84. The van der Waals surface area contributed by atoms with Crippen LogP contribution < -0.4 is 14.4 Å². The molecule has 0 saturated carbocycles. The average Bonchev–Trinajstić information content (AvgIpc) is 3.22. The quantitative estimate of drug-likeness (QED) is 0.573. The van der Waals surface area contributed by atoms with Gasteiger partial charge in [-0.2, -0.15) is 0 Å². The van der Waals surface area contributed by atoms with E-state index < -0.39 is 0 Å². The number of benzene rings is 2. The lowest BCUT2D eigenvalue weighted by Gasteiger charge is -2.18. The minimum Gasteiger partial charge on any atom is -0.493 e. The van der Waals surface area contributed by atoms with Gasteiger partial charge in [0.05, 0.1) is 14.2 Å². The van der Waals surface area contributed by atoms with Crippen molar-refractivity contribution >= 4 is 22.9 Å². The third-order valence-electron chi connectivity index (χ3n) is 4.61. The van der Waals surface area contributed by atoms with E-state index in [1.165, 1.54) is 16.9 Å². The number of carbonyl (C=O) groups excluding carboxylic acids is 1. The molecule has 0 N–H and O–H groups in total. The Labute approximate surface area is 169 Å². The molecule has 146 valence electrons. The van der Waals surface area contributed by atoms with Crippen LogP contribution in [-0.2, 0) is 0 Å². The molecular weight excluding hydrogens is 372 g/mol. The van der Waals surface area contributed by atoms with Crippen LogP contribution in [0, 0.1) is 0 Å². The van der Waals surface area contributed by atoms with Gasteiger partial charge in [0.2, 0.25) is 0 Å². The molecule has 3 aromatic rings. The van der Waals surface area contributed by atoms with Crippen LogP contribution in [0.25, 0.3) is 10.6 Å². The molecule has 0 bridgehead atoms. The van der Waals surface area contributed by atoms with E-state index in [4.69, 9.17) is 9.47 Å². The summed E-state index contributed by atoms with van der Waals surface area (Å²) in [5, 5.41) is 2.63. The van der Waals surface area contributed by atoms with E-state index in [9.17, 15) is 4.79 Å². The highest BCUT2D eigenvalue weighted by Gasteiger charge is 2.19. The number of ether oxygens (including phenoxy) is 2. The molecule has 1 aromatic heterocycles. The predicted molar refractivity (Wildman–Crippen MR) is 114 cm³/mol. The molecule has 0 aliphatic carbocycles. The normalized spacial score (nSPS) is 10.8. The van der Waals surface area contributed by atoms with Gasteiger partial charge in [0.1, 0.15) is 10.7 Å². The number of hydrogen-bond acceptors (Lipinski definition) is 5. The molecule has 1 heterocycles. The molecule has 0 fully saturated rings. The molecule has 2 aromatic carbocycles. The Kier molecular flexibility index (Phi) is 5.99. The standard InChI is InChI=1S/C22H24N2O3S/c1-14(2)15-6-8-16(9-7-15)21-23-18(13-28-21)22(25)24(3)17-10-11-19(26-4)20(12-17)27-5/h6-14H,1-5H3. The van der Waals surface area contributed by atoms with Crippen molar-refractivity contribution < 1.29 is 14.3 Å². The molecule has 5 nitrogen and oxygen atoms in total. The number of thiazole rings is 1. The molecule has 0 atom stereocenters. The Bertz CT molecular complexity index is 964. The third-order valence-corrected chi connectivity index (χ3v) is 5.50. The van der Waals surface area contributed by atoms with Crippen LogP contribution in [0.5, 0.6) is 11.5 Å². The summed E-state index contributed by atoms with van der Waals surface area (Å²) in [5.74, 6) is 1.50. The number of rotatable bonds is 6. The van der Waals surface area contributed by atoms with Crippen molar-refractivity contribution in [2.45, 2.75) is 19.8 Å². The molecular formula is C22H24N2O3S. The highest BCUT2D eigenvalue weighted by molar-refractivity contribution is 7.13. The lowest BCUT2D eigenvalue weighted by molar-refractivity contribution is 0.0989. The van der Waals surface area contributed by atoms with Crippen molar-refractivity contribution in [3.05, 3.63) is 59.1 Å². The zero-order chi connectivity index (χ0) is 20.3. The van der Waals surface area contributed by atoms with Crippen LogP contribution in [0.2, 0.25) is 0 Å². The van der Waals surface area contributed by atoms with E-state index in [1.807, 2.05) is 6.07 Å². The fraction of sp³-hybridized carbons (Fsp3) is 0.273. The summed E-state index contributed by atoms with van der Waals surface area (Å²) in [6, 6.07) is 13.7. The highest BCUT2D eigenvalue weighted by Crippen LogP contribution is 2.32. The van der Waals surface area contributed by atoms with Crippen molar-refractivity contribution in [3.63, 3.8) is 0 Å². The van der Waals surface area contributed by atoms with Crippen LogP contribution in [0.4, 0.5) is 5.69 Å². The summed E-state index contributed by atoms with van der Waals surface area (Å²) >= 11 is 1.47. The maximum Gasteiger partial charge on any atom is 0.277 e. The first kappa shape index (κ1) is 19.9. The Morgan fingerprint density at radius 2 is 1.71 bits per heavy atom. The van der Waals surface area contributed by atoms with E-state index in [-0.39, 0.29) is 5.91 Å². The second kappa shape index (κ2) is 8.44. The molecule has 0 unspecified atom stereocenters. The summed E-state index contributed by atoms with van der Waals surface area (Å²) in [6.07, 6.45) is 0. The Balaban J connectivity index is 1.81. The van der Waals surface area contributed by atoms with E-state index in [1.54, 1.807) is 43.7 Å². The molecule has 0 radical (unpaired) electrons. The number of hydrogen-bond donors (Lipinski definition) is 0. The number of methoxy groups -OCH3 is 2. The molecule has 3 rings (SSSR count). The van der Waals surface area contributed by atoms with Crippen LogP contribution >= 0.6 is 11.3 Å². The molecule has 6 heteroatoms. The molecule has 0 aliphatic heterocycles. The summed E-state index contributed by atoms with van der Waals surface area (Å²) < 4.78 is 10.6. The lowest BCUT2D eigenvalue weighted by Crippen LogP contribution is -2.26. The number of nitrogens with zero attached hydrogens (tertiary/aromatic N) is 2. The van der Waals surface area contributed by atoms with Gasteiger partial charge in [0.15, 0.2) is 11.5 Å². The van der Waals surface area contributed by atoms with Crippen molar-refractivity contribution in [2.24, 2.45) is 0 Å². The highest BCUT2D eigenvalue weighted by atomic mass is 32.1. The topological polar surface area (TPSA) is 51.7 Å². The number of amides is 1. The largest absolute Gasteiger partial charge is 0.493 e. The Morgan fingerprint density at radius 1 is 1.04 bits per heavy atom. The van der Waals surface area contributed by atoms with Gasteiger partial charge in [-0.1, -0.05) is 38.1 Å². The predicted octanol–water partition coefficient (Wildman–Crippen LogP) is 5.23. The van der Waals surface area contributed by atoms with Gasteiger partial charge in [-0.15, -0.1) is 11.3 Å². The minimum atomic E-state index is -0.173. The summed E-state index contributed by atoms with van der Waals surface area (Å²) in [6.45, 7) is 4.33. The van der Waals surface area contributed by atoms with Crippen molar-refractivity contribution in [1.29, 1.82) is 0 Å². The fourth-order valence-corrected chi connectivity index (χ4v) is 3.64. The third kappa shape index (κ3) is 4.02. The Hall–Kier alpha value is -2.86. The molecule has 0 spiro atoms. The number of anilines is 1. The van der Waals surface area contributed by atoms with Gasteiger partial charge >= 0.3 is 0 Å². The van der Waals surface area contributed by atoms with E-state index in [2.05, 4.69) is 43.1 Å². The van der Waals surface area contributed by atoms with Crippen molar-refractivity contribution in [2.75, 3.05) is 26.2 Å². The van der Waals surface area contributed by atoms with Gasteiger partial charge < -0.3 is 14.4 Å². The Morgan fingerprint density at radius 3 is 2.32 bits per heavy atom. The average molecular weight is 397 g/mol. The minimum absolute atomic E-state index is 0.173. The number of carbonyl (C=O) groups is 1. The maximum absolute atomic E-state index is 12.9. The monoisotopic (exact) mass is 396 g/mol. The summed E-state index contributed by atoms with van der Waals surface area (Å²) in [5.41, 5.74) is 3.43. The van der Waals surface area contributed by atoms with Crippen molar-refractivity contribution in [1.82, 2.24) is 4.98 Å². The second-order valence-corrected chi connectivity index (χ2v) is 7.58. The first-order valence-electron chi connectivity index (χ1n) is 9.00. The second-order valence-electron chi connectivity index (χ2n) is 6.72. The lowest BCUT2D eigenvalue weighted by atomic mass is 10.0. The van der Waals surface area contributed by atoms with Gasteiger partial charge in [-0.3, -0.25) is 4.79 Å². The SMILES string of the molecule is COc1ccc(N(C)C(=O)c2csc(-c3ccc(C(C)C)cc3)n2)cc1OC. The van der Waals surface area contributed by atoms with Gasteiger partial charge in [-0.05, 0) is 23.6 Å². The van der Waals surface area contributed by atoms with E-state index in [0.29, 0.717) is 28.8 Å². The van der Waals surface area contributed by atoms with Gasteiger partial charge in [0, 0.05) is 29.7 Å². The van der Waals surface area contributed by atoms with E-state index in [0.717, 1.165) is 10.6 Å². The van der Waals surface area contributed by atoms with Crippen LogP contribution in [0.3, 0.4) is 0 Å². The molecule has 0 aliphatic rings. The van der Waals surface area contributed by atoms with Crippen LogP contribution in [0.1, 0.15) is 35.8 Å². The zero-order valence-corrected chi connectivity index (χ0v) is 17.5. The molecule has 1 amide bonds. The maximum atomic E-state index is 12.9. The van der Waals surface area contributed by atoms with Crippen LogP contribution in [0.15, 0.2) is 47.8 Å². The van der Waals surface area contributed by atoms with Gasteiger partial charge in [-0.25, -0.2) is 4.98 Å². The first-order chi connectivity index (χ1) is 13.4. The van der Waals surface area contributed by atoms with Crippen LogP contribution in [-0.4, -0.2) is 32.2 Å². The van der Waals surface area contributed by atoms with Crippen molar-refractivity contribution in [3.8, 4) is 22.1 Å². The smallest absolute Gasteiger partial charge is 0.277 e. The summed E-state index contributed by atoms with van der Waals surface area (Å²) in [7, 11) is 4.87. The van der Waals surface area contributed by atoms with Gasteiger partial charge in [0.25, 0.3) is 5.91 Å². The summed E-state index contributed by atoms with van der Waals surface area (Å²) in [4.78, 5) is 19.0. The molecule has 0 saturated heterocycles. The first-order valence-corrected chi connectivity index (χ1v) is 9.88. The zero-order valence-electron chi connectivity index (χ0n) is 16.7. The van der Waals surface area contributed by atoms with E-state index >= 15 is 0 Å². The molecule has 28 heavy (non-hydrogen) atoms. The number of aromatic nitrogens is 1.